The van der Waals surface area contributed by atoms with Crippen LogP contribution in [0, 0.1) is 0 Å². The molecule has 0 aromatic rings. The second-order valence-corrected chi connectivity index (χ2v) is 2.69. The molecule has 0 saturated carbocycles. The Labute approximate surface area is 61.4 Å². The minimum atomic E-state index is 0.169. The highest BCUT2D eigenvalue weighted by Gasteiger charge is 2.19. The van der Waals surface area contributed by atoms with Crippen molar-refractivity contribution in [3.8, 4) is 0 Å². The highest BCUT2D eigenvalue weighted by Crippen LogP contribution is 2.02. The summed E-state index contributed by atoms with van der Waals surface area (Å²) >= 11 is 0. The van der Waals surface area contributed by atoms with E-state index in [0.29, 0.717) is 6.04 Å². The molecule has 3 nitrogen and oxygen atoms in total. The van der Waals surface area contributed by atoms with Crippen LogP contribution in [0.3, 0.4) is 0 Å². The van der Waals surface area contributed by atoms with Crippen LogP contribution in [0.2, 0.25) is 0 Å². The Hall–Kier alpha value is -0.570. The lowest BCUT2D eigenvalue weighted by molar-refractivity contribution is -0.131. The molecular weight excluding hydrogens is 128 g/mol. The first-order chi connectivity index (χ1) is 4.72. The fourth-order valence-electron chi connectivity index (χ4n) is 1.24. The van der Waals surface area contributed by atoms with Gasteiger partial charge in [0.2, 0.25) is 5.91 Å². The first-order valence-electron chi connectivity index (χ1n) is 3.62. The van der Waals surface area contributed by atoms with E-state index in [2.05, 4.69) is 5.32 Å². The highest BCUT2D eigenvalue weighted by molar-refractivity contribution is 5.73. The molecule has 1 atom stereocenters. The van der Waals surface area contributed by atoms with Crippen LogP contribution in [0.15, 0.2) is 0 Å². The van der Waals surface area contributed by atoms with E-state index in [1.165, 1.54) is 0 Å². The van der Waals surface area contributed by atoms with E-state index in [0.717, 1.165) is 19.6 Å². The van der Waals surface area contributed by atoms with Gasteiger partial charge >= 0.3 is 0 Å². The molecule has 0 spiro atoms. The van der Waals surface area contributed by atoms with Gasteiger partial charge in [-0.25, -0.2) is 5.32 Å². The molecule has 10 heavy (non-hydrogen) atoms. The SMILES string of the molecule is CC(=O)N1CC[N]CC1C. The zero-order chi connectivity index (χ0) is 7.56. The Morgan fingerprint density at radius 2 is 2.40 bits per heavy atom. The third-order valence-electron chi connectivity index (χ3n) is 1.83. The second kappa shape index (κ2) is 3.01. The Balaban J connectivity index is 2.47. The van der Waals surface area contributed by atoms with Gasteiger partial charge in [-0.3, -0.25) is 4.79 Å². The van der Waals surface area contributed by atoms with Gasteiger partial charge in [-0.15, -0.1) is 0 Å². The van der Waals surface area contributed by atoms with Crippen LogP contribution >= 0.6 is 0 Å². The molecule has 3 heteroatoms. The number of hydrogen-bond acceptors (Lipinski definition) is 1. The summed E-state index contributed by atoms with van der Waals surface area (Å²) < 4.78 is 0. The number of rotatable bonds is 0. The Morgan fingerprint density at radius 1 is 1.70 bits per heavy atom. The minimum Gasteiger partial charge on any atom is -0.338 e. The zero-order valence-electron chi connectivity index (χ0n) is 6.50. The normalized spacial score (nSPS) is 26.6. The van der Waals surface area contributed by atoms with Gasteiger partial charge in [0.25, 0.3) is 0 Å². The molecule has 1 saturated heterocycles. The maximum absolute atomic E-state index is 10.9. The van der Waals surface area contributed by atoms with Gasteiger partial charge in [-0.2, -0.15) is 0 Å². The molecule has 0 N–H and O–H groups in total. The zero-order valence-corrected chi connectivity index (χ0v) is 6.50. The lowest BCUT2D eigenvalue weighted by atomic mass is 10.2. The summed E-state index contributed by atoms with van der Waals surface area (Å²) in [4.78, 5) is 12.8. The van der Waals surface area contributed by atoms with Crippen molar-refractivity contribution in [2.45, 2.75) is 19.9 Å². The molecule has 1 rings (SSSR count). The van der Waals surface area contributed by atoms with Crippen LogP contribution < -0.4 is 5.32 Å². The summed E-state index contributed by atoms with van der Waals surface area (Å²) in [6.45, 7) is 6.06. The number of piperazine rings is 1. The van der Waals surface area contributed by atoms with Crippen molar-refractivity contribution in [1.82, 2.24) is 10.2 Å². The van der Waals surface area contributed by atoms with E-state index in [-0.39, 0.29) is 5.91 Å². The monoisotopic (exact) mass is 141 g/mol. The lowest BCUT2D eigenvalue weighted by Crippen LogP contribution is -2.49. The average molecular weight is 141 g/mol. The van der Waals surface area contributed by atoms with E-state index in [1.807, 2.05) is 11.8 Å². The fourth-order valence-corrected chi connectivity index (χ4v) is 1.24. The predicted molar refractivity (Wildman–Crippen MR) is 38.7 cm³/mol. The molecule has 57 valence electrons. The Kier molecular flexibility index (Phi) is 2.27. The van der Waals surface area contributed by atoms with Gasteiger partial charge in [0, 0.05) is 32.6 Å². The van der Waals surface area contributed by atoms with E-state index in [1.54, 1.807) is 6.92 Å². The van der Waals surface area contributed by atoms with Crippen molar-refractivity contribution in [2.75, 3.05) is 19.6 Å². The summed E-state index contributed by atoms with van der Waals surface area (Å²) in [6.07, 6.45) is 0. The van der Waals surface area contributed by atoms with Crippen LogP contribution in [-0.4, -0.2) is 36.5 Å². The predicted octanol–water partition coefficient (Wildman–Crippen LogP) is -0.159. The van der Waals surface area contributed by atoms with Crippen LogP contribution in [0.4, 0.5) is 0 Å². The van der Waals surface area contributed by atoms with Crippen molar-refractivity contribution in [2.24, 2.45) is 0 Å². The maximum atomic E-state index is 10.9. The summed E-state index contributed by atoms with van der Waals surface area (Å²) in [6, 6.07) is 0.311. The Bertz CT molecular complexity index is 136. The van der Waals surface area contributed by atoms with Gasteiger partial charge in [-0.05, 0) is 6.92 Å². The van der Waals surface area contributed by atoms with Gasteiger partial charge in [0.15, 0.2) is 0 Å². The number of amides is 1. The summed E-state index contributed by atoms with van der Waals surface area (Å²) in [5.74, 6) is 0.169. The smallest absolute Gasteiger partial charge is 0.219 e. The van der Waals surface area contributed by atoms with Crippen LogP contribution in [-0.2, 0) is 4.79 Å². The lowest BCUT2D eigenvalue weighted by Gasteiger charge is -2.32. The van der Waals surface area contributed by atoms with Gasteiger partial charge in [0.05, 0.1) is 0 Å². The summed E-state index contributed by atoms with van der Waals surface area (Å²) in [5.41, 5.74) is 0. The molecule has 1 aliphatic heterocycles. The van der Waals surface area contributed by atoms with Gasteiger partial charge in [-0.1, -0.05) is 0 Å². The third-order valence-corrected chi connectivity index (χ3v) is 1.83. The molecule has 1 unspecified atom stereocenters. The van der Waals surface area contributed by atoms with Crippen molar-refractivity contribution in [3.63, 3.8) is 0 Å². The molecule has 1 fully saturated rings. The molecule has 0 bridgehead atoms. The molecule has 1 aliphatic rings. The first kappa shape index (κ1) is 7.54. The topological polar surface area (TPSA) is 34.4 Å². The molecular formula is C7H13N2O. The van der Waals surface area contributed by atoms with E-state index in [4.69, 9.17) is 0 Å². The number of carbonyl (C=O) groups is 1. The quantitative estimate of drug-likeness (QED) is 0.461. The molecule has 0 aromatic heterocycles. The molecule has 1 heterocycles. The molecule has 0 aromatic carbocycles. The van der Waals surface area contributed by atoms with E-state index in [9.17, 15) is 4.79 Å². The minimum absolute atomic E-state index is 0.169. The fraction of sp³-hybridized carbons (Fsp3) is 0.857. The Morgan fingerprint density at radius 3 is 2.80 bits per heavy atom. The van der Waals surface area contributed by atoms with Crippen LogP contribution in [0.1, 0.15) is 13.8 Å². The van der Waals surface area contributed by atoms with Crippen molar-refractivity contribution < 1.29 is 4.79 Å². The highest BCUT2D eigenvalue weighted by atomic mass is 16.2. The van der Waals surface area contributed by atoms with Crippen LogP contribution in [0.5, 0.6) is 0 Å². The van der Waals surface area contributed by atoms with Gasteiger partial charge < -0.3 is 4.90 Å². The maximum Gasteiger partial charge on any atom is 0.219 e. The van der Waals surface area contributed by atoms with E-state index >= 15 is 0 Å². The molecule has 0 aliphatic carbocycles. The second-order valence-electron chi connectivity index (χ2n) is 2.69. The summed E-state index contributed by atoms with van der Waals surface area (Å²) in [5, 5.41) is 4.20. The largest absolute Gasteiger partial charge is 0.338 e. The van der Waals surface area contributed by atoms with Crippen molar-refractivity contribution in [1.29, 1.82) is 0 Å². The van der Waals surface area contributed by atoms with Crippen molar-refractivity contribution in [3.05, 3.63) is 0 Å². The first-order valence-corrected chi connectivity index (χ1v) is 3.62. The standard InChI is InChI=1S/C7H13N2O/c1-6-5-8-3-4-9(6)7(2)10/h6H,3-5H2,1-2H3. The average Bonchev–Trinajstić information content (AvgIpc) is 1.88. The van der Waals surface area contributed by atoms with Gasteiger partial charge in [0.1, 0.15) is 0 Å². The third kappa shape index (κ3) is 1.48. The number of carbonyl (C=O) groups excluding carboxylic acids is 1. The van der Waals surface area contributed by atoms with Crippen LogP contribution in [0.25, 0.3) is 0 Å². The van der Waals surface area contributed by atoms with E-state index < -0.39 is 0 Å². The number of hydrogen-bond donors (Lipinski definition) is 0. The van der Waals surface area contributed by atoms with Crippen molar-refractivity contribution >= 4 is 5.91 Å². The molecule has 1 amide bonds. The number of nitrogens with zero attached hydrogens (tertiary/aromatic N) is 2. The summed E-state index contributed by atoms with van der Waals surface area (Å²) in [7, 11) is 0. The molecule has 1 radical (unpaired) electrons.